The molecule has 8 heavy (non-hydrogen) atoms. The van der Waals surface area contributed by atoms with E-state index in [1.54, 1.807) is 6.92 Å². The minimum atomic E-state index is 0.433. The van der Waals surface area contributed by atoms with Crippen LogP contribution in [-0.4, -0.2) is 6.47 Å². The quantitative estimate of drug-likeness (QED) is 0.401. The molecule has 46 valence electrons. The SMILES string of the molecule is CC(C)=C(C)OC=O. The third-order valence-electron chi connectivity index (χ3n) is 0.929. The molecule has 0 rings (SSSR count). The van der Waals surface area contributed by atoms with E-state index < -0.39 is 0 Å². The second-order valence-corrected chi connectivity index (χ2v) is 1.77. The van der Waals surface area contributed by atoms with Gasteiger partial charge in [-0.2, -0.15) is 0 Å². The standard InChI is InChI=1S/C6H10O2/c1-5(2)6(3)8-4-7/h4H,1-3H3. The molecule has 0 unspecified atom stereocenters. The lowest BCUT2D eigenvalue weighted by Crippen LogP contribution is -1.85. The minimum Gasteiger partial charge on any atom is -0.434 e. The highest BCUT2D eigenvalue weighted by atomic mass is 16.5. The van der Waals surface area contributed by atoms with Crippen LogP contribution in [0, 0.1) is 0 Å². The molecule has 0 fully saturated rings. The highest BCUT2D eigenvalue weighted by Gasteiger charge is 1.87. The number of hydrogen-bond acceptors (Lipinski definition) is 2. The molecule has 0 aromatic rings. The minimum absolute atomic E-state index is 0.433. The monoisotopic (exact) mass is 114 g/mol. The summed E-state index contributed by atoms with van der Waals surface area (Å²) in [4.78, 5) is 9.66. The van der Waals surface area contributed by atoms with E-state index >= 15 is 0 Å². The number of allylic oxidation sites excluding steroid dienone is 2. The molecule has 0 N–H and O–H groups in total. The number of carbonyl (C=O) groups excluding carboxylic acids is 1. The molecule has 0 atom stereocenters. The Kier molecular flexibility index (Phi) is 2.92. The molecule has 0 spiro atoms. The van der Waals surface area contributed by atoms with Crippen molar-refractivity contribution in [3.05, 3.63) is 11.3 Å². The van der Waals surface area contributed by atoms with Crippen LogP contribution in [0.25, 0.3) is 0 Å². The Morgan fingerprint density at radius 1 is 1.38 bits per heavy atom. The van der Waals surface area contributed by atoms with Crippen LogP contribution < -0.4 is 0 Å². The third-order valence-corrected chi connectivity index (χ3v) is 0.929. The lowest BCUT2D eigenvalue weighted by atomic mass is 10.3. The van der Waals surface area contributed by atoms with Gasteiger partial charge in [-0.3, -0.25) is 4.79 Å². The second kappa shape index (κ2) is 3.24. The van der Waals surface area contributed by atoms with Gasteiger partial charge in [-0.05, 0) is 26.3 Å². The molecule has 0 amide bonds. The summed E-state index contributed by atoms with van der Waals surface area (Å²) in [6, 6.07) is 0. The maximum Gasteiger partial charge on any atom is 0.298 e. The Balaban J connectivity index is 3.79. The molecule has 2 nitrogen and oxygen atoms in total. The van der Waals surface area contributed by atoms with E-state index in [2.05, 4.69) is 4.74 Å². The van der Waals surface area contributed by atoms with Gasteiger partial charge in [0.1, 0.15) is 5.76 Å². The van der Waals surface area contributed by atoms with E-state index in [0.29, 0.717) is 12.2 Å². The summed E-state index contributed by atoms with van der Waals surface area (Å²) in [6.07, 6.45) is 0. The fourth-order valence-corrected chi connectivity index (χ4v) is 0.190. The van der Waals surface area contributed by atoms with Gasteiger partial charge in [0.25, 0.3) is 6.47 Å². The molecule has 0 radical (unpaired) electrons. The van der Waals surface area contributed by atoms with E-state index in [-0.39, 0.29) is 0 Å². The zero-order chi connectivity index (χ0) is 6.57. The zero-order valence-corrected chi connectivity index (χ0v) is 5.39. The number of hydrogen-bond donors (Lipinski definition) is 0. The molecule has 0 aromatic carbocycles. The molecule has 0 saturated heterocycles. The molecule has 0 aliphatic heterocycles. The van der Waals surface area contributed by atoms with Crippen molar-refractivity contribution < 1.29 is 9.53 Å². The summed E-state index contributed by atoms with van der Waals surface area (Å²) >= 11 is 0. The van der Waals surface area contributed by atoms with Gasteiger partial charge < -0.3 is 4.74 Å². The first-order valence-corrected chi connectivity index (χ1v) is 2.43. The van der Waals surface area contributed by atoms with Crippen molar-refractivity contribution >= 4 is 6.47 Å². The molecule has 2 heteroatoms. The van der Waals surface area contributed by atoms with Gasteiger partial charge in [0.05, 0.1) is 0 Å². The summed E-state index contributed by atoms with van der Waals surface area (Å²) < 4.78 is 4.50. The smallest absolute Gasteiger partial charge is 0.298 e. The molecule has 0 heterocycles. The fraction of sp³-hybridized carbons (Fsp3) is 0.500. The Morgan fingerprint density at radius 3 is 2.00 bits per heavy atom. The lowest BCUT2D eigenvalue weighted by Gasteiger charge is -1.96. The second-order valence-electron chi connectivity index (χ2n) is 1.77. The van der Waals surface area contributed by atoms with Gasteiger partial charge in [0.15, 0.2) is 0 Å². The van der Waals surface area contributed by atoms with Crippen LogP contribution >= 0.6 is 0 Å². The van der Waals surface area contributed by atoms with Gasteiger partial charge in [0.2, 0.25) is 0 Å². The molecule has 0 bridgehead atoms. The number of ether oxygens (including phenoxy) is 1. The van der Waals surface area contributed by atoms with E-state index in [1.807, 2.05) is 13.8 Å². The first kappa shape index (κ1) is 7.21. The van der Waals surface area contributed by atoms with Crippen molar-refractivity contribution in [2.45, 2.75) is 20.8 Å². The maximum atomic E-state index is 9.66. The van der Waals surface area contributed by atoms with Crippen LogP contribution in [0.4, 0.5) is 0 Å². The van der Waals surface area contributed by atoms with Crippen molar-refractivity contribution in [2.75, 3.05) is 0 Å². The normalized spacial score (nSPS) is 7.88. The summed E-state index contributed by atoms with van der Waals surface area (Å²) in [5.74, 6) is 0.681. The van der Waals surface area contributed by atoms with Crippen LogP contribution in [0.1, 0.15) is 20.8 Å². The van der Waals surface area contributed by atoms with E-state index in [9.17, 15) is 4.79 Å². The van der Waals surface area contributed by atoms with Gasteiger partial charge in [-0.15, -0.1) is 0 Å². The molecular formula is C6H10O2. The topological polar surface area (TPSA) is 26.3 Å². The lowest BCUT2D eigenvalue weighted by molar-refractivity contribution is -0.125. The van der Waals surface area contributed by atoms with E-state index in [4.69, 9.17) is 0 Å². The Bertz CT molecular complexity index is 110. The highest BCUT2D eigenvalue weighted by molar-refractivity contribution is 5.39. The van der Waals surface area contributed by atoms with Gasteiger partial charge in [-0.25, -0.2) is 0 Å². The maximum absolute atomic E-state index is 9.66. The van der Waals surface area contributed by atoms with E-state index in [0.717, 1.165) is 5.57 Å². The van der Waals surface area contributed by atoms with Crippen molar-refractivity contribution in [1.82, 2.24) is 0 Å². The average Bonchev–Trinajstić information content (AvgIpc) is 1.67. The Hall–Kier alpha value is -0.790. The molecule has 0 saturated carbocycles. The summed E-state index contributed by atoms with van der Waals surface area (Å²) in [7, 11) is 0. The molecular weight excluding hydrogens is 104 g/mol. The van der Waals surface area contributed by atoms with Gasteiger partial charge in [-0.1, -0.05) is 0 Å². The third kappa shape index (κ3) is 2.39. The number of rotatable bonds is 2. The largest absolute Gasteiger partial charge is 0.434 e. The van der Waals surface area contributed by atoms with Gasteiger partial charge >= 0.3 is 0 Å². The number of carbonyl (C=O) groups is 1. The predicted molar refractivity (Wildman–Crippen MR) is 31.2 cm³/mol. The van der Waals surface area contributed by atoms with Crippen LogP contribution in [-0.2, 0) is 9.53 Å². The fourth-order valence-electron chi connectivity index (χ4n) is 0.190. The van der Waals surface area contributed by atoms with Gasteiger partial charge in [0, 0.05) is 0 Å². The van der Waals surface area contributed by atoms with Crippen molar-refractivity contribution in [2.24, 2.45) is 0 Å². The van der Waals surface area contributed by atoms with Crippen LogP contribution in [0.3, 0.4) is 0 Å². The van der Waals surface area contributed by atoms with Crippen LogP contribution in [0.5, 0.6) is 0 Å². The van der Waals surface area contributed by atoms with E-state index in [1.165, 1.54) is 0 Å². The van der Waals surface area contributed by atoms with Crippen LogP contribution in [0.2, 0.25) is 0 Å². The Labute approximate surface area is 49.1 Å². The summed E-state index contributed by atoms with van der Waals surface area (Å²) in [5, 5.41) is 0. The van der Waals surface area contributed by atoms with Crippen molar-refractivity contribution in [1.29, 1.82) is 0 Å². The van der Waals surface area contributed by atoms with Crippen LogP contribution in [0.15, 0.2) is 11.3 Å². The summed E-state index contributed by atoms with van der Waals surface area (Å²) in [6.45, 7) is 5.96. The first-order valence-electron chi connectivity index (χ1n) is 2.43. The Morgan fingerprint density at radius 2 is 1.88 bits per heavy atom. The van der Waals surface area contributed by atoms with Crippen molar-refractivity contribution in [3.63, 3.8) is 0 Å². The first-order chi connectivity index (χ1) is 3.68. The molecule has 0 aromatic heterocycles. The predicted octanol–water partition coefficient (Wildman–Crippen LogP) is 1.47. The highest BCUT2D eigenvalue weighted by Crippen LogP contribution is 2.00. The molecule has 0 aliphatic carbocycles. The zero-order valence-electron chi connectivity index (χ0n) is 5.39. The van der Waals surface area contributed by atoms with Crippen molar-refractivity contribution in [3.8, 4) is 0 Å². The summed E-state index contributed by atoms with van der Waals surface area (Å²) in [5.41, 5.74) is 1.03. The molecule has 0 aliphatic rings. The average molecular weight is 114 g/mol.